The number of ether oxygens (including phenoxy) is 1. The fourth-order valence-electron chi connectivity index (χ4n) is 1.58. The van der Waals surface area contributed by atoms with Gasteiger partial charge in [-0.3, -0.25) is 4.79 Å². The minimum Gasteiger partial charge on any atom is -0.375 e. The van der Waals surface area contributed by atoms with E-state index in [4.69, 9.17) is 16.3 Å². The maximum Gasteiger partial charge on any atom is 0.220 e. The largest absolute Gasteiger partial charge is 0.375 e. The van der Waals surface area contributed by atoms with Crippen LogP contribution in [0.3, 0.4) is 0 Å². The first-order chi connectivity index (χ1) is 8.69. The third-order valence-corrected chi connectivity index (χ3v) is 2.94. The molecule has 1 rings (SSSR count). The van der Waals surface area contributed by atoms with Gasteiger partial charge in [0.2, 0.25) is 5.91 Å². The number of benzene rings is 1. The number of nitrogens with one attached hydrogen (secondary N) is 1. The van der Waals surface area contributed by atoms with Gasteiger partial charge in [-0.1, -0.05) is 35.9 Å². The van der Waals surface area contributed by atoms with Crippen LogP contribution in [-0.4, -0.2) is 19.6 Å². The van der Waals surface area contributed by atoms with Crippen LogP contribution >= 0.6 is 11.6 Å². The number of allylic oxidation sites excluding steroid dienone is 1. The van der Waals surface area contributed by atoms with Crippen LogP contribution in [0.1, 0.15) is 24.5 Å². The number of hydrogen-bond acceptors (Lipinski definition) is 2. The molecule has 98 valence electrons. The van der Waals surface area contributed by atoms with Crippen LogP contribution in [0, 0.1) is 0 Å². The van der Waals surface area contributed by atoms with E-state index >= 15 is 0 Å². The van der Waals surface area contributed by atoms with Crippen LogP contribution < -0.4 is 5.32 Å². The first kappa shape index (κ1) is 14.7. The molecule has 18 heavy (non-hydrogen) atoms. The summed E-state index contributed by atoms with van der Waals surface area (Å²) in [5.41, 5.74) is 0.880. The Bertz CT molecular complexity index is 407. The Labute approximate surface area is 113 Å². The van der Waals surface area contributed by atoms with Gasteiger partial charge in [0.25, 0.3) is 0 Å². The van der Waals surface area contributed by atoms with Crippen molar-refractivity contribution in [2.45, 2.75) is 18.9 Å². The maximum absolute atomic E-state index is 11.5. The summed E-state index contributed by atoms with van der Waals surface area (Å²) in [6.45, 7) is 3.99. The van der Waals surface area contributed by atoms with E-state index in [0.717, 1.165) is 5.56 Å². The molecule has 1 aromatic rings. The van der Waals surface area contributed by atoms with E-state index in [1.165, 1.54) is 0 Å². The van der Waals surface area contributed by atoms with Crippen molar-refractivity contribution in [2.24, 2.45) is 0 Å². The minimum atomic E-state index is -0.230. The van der Waals surface area contributed by atoms with E-state index < -0.39 is 0 Å². The molecule has 0 aliphatic carbocycles. The molecule has 3 nitrogen and oxygen atoms in total. The van der Waals surface area contributed by atoms with Crippen LogP contribution in [0.25, 0.3) is 0 Å². The molecule has 0 unspecified atom stereocenters. The summed E-state index contributed by atoms with van der Waals surface area (Å²) in [5.74, 6) is -0.0102. The van der Waals surface area contributed by atoms with E-state index in [0.29, 0.717) is 24.4 Å². The van der Waals surface area contributed by atoms with E-state index in [2.05, 4.69) is 11.9 Å². The van der Waals surface area contributed by atoms with Crippen molar-refractivity contribution >= 4 is 17.5 Å². The summed E-state index contributed by atoms with van der Waals surface area (Å²) < 4.78 is 5.35. The zero-order chi connectivity index (χ0) is 13.4. The highest BCUT2D eigenvalue weighted by molar-refractivity contribution is 6.31. The van der Waals surface area contributed by atoms with Gasteiger partial charge in [-0.05, 0) is 12.5 Å². The Morgan fingerprint density at radius 1 is 1.56 bits per heavy atom. The molecule has 0 spiro atoms. The van der Waals surface area contributed by atoms with Gasteiger partial charge in [0.05, 0.1) is 0 Å². The SMILES string of the molecule is C=CCCC(=O)NC[C@H](OC)c1ccccc1Cl. The van der Waals surface area contributed by atoms with E-state index in [1.54, 1.807) is 13.2 Å². The lowest BCUT2D eigenvalue weighted by Gasteiger charge is -2.17. The van der Waals surface area contributed by atoms with Crippen LogP contribution in [0.5, 0.6) is 0 Å². The van der Waals surface area contributed by atoms with Crippen molar-refractivity contribution in [1.29, 1.82) is 0 Å². The predicted octanol–water partition coefficient (Wildman–Crippen LogP) is 3.11. The Hall–Kier alpha value is -1.32. The lowest BCUT2D eigenvalue weighted by molar-refractivity contribution is -0.121. The van der Waals surface area contributed by atoms with E-state index in [-0.39, 0.29) is 12.0 Å². The van der Waals surface area contributed by atoms with Crippen molar-refractivity contribution in [1.82, 2.24) is 5.32 Å². The normalized spacial score (nSPS) is 11.9. The lowest BCUT2D eigenvalue weighted by Crippen LogP contribution is -2.28. The molecule has 0 aromatic heterocycles. The number of hydrogen-bond donors (Lipinski definition) is 1. The van der Waals surface area contributed by atoms with E-state index in [1.807, 2.05) is 24.3 Å². The van der Waals surface area contributed by atoms with Crippen molar-refractivity contribution in [3.8, 4) is 0 Å². The van der Waals surface area contributed by atoms with Crippen LogP contribution in [-0.2, 0) is 9.53 Å². The Kier molecular flexibility index (Phi) is 6.47. The zero-order valence-electron chi connectivity index (χ0n) is 10.5. The first-order valence-electron chi connectivity index (χ1n) is 5.83. The van der Waals surface area contributed by atoms with Crippen LogP contribution in [0.15, 0.2) is 36.9 Å². The molecule has 0 saturated heterocycles. The van der Waals surface area contributed by atoms with Crippen molar-refractivity contribution in [3.05, 3.63) is 47.5 Å². The quantitative estimate of drug-likeness (QED) is 0.771. The average Bonchev–Trinajstić information content (AvgIpc) is 2.39. The second-order valence-corrected chi connectivity index (χ2v) is 4.28. The molecule has 1 atom stereocenters. The fourth-order valence-corrected chi connectivity index (χ4v) is 1.84. The Morgan fingerprint density at radius 3 is 2.89 bits per heavy atom. The van der Waals surface area contributed by atoms with Gasteiger partial charge < -0.3 is 10.1 Å². The molecular formula is C14H18ClNO2. The van der Waals surface area contributed by atoms with Gasteiger partial charge in [0.1, 0.15) is 6.10 Å². The summed E-state index contributed by atoms with van der Waals surface area (Å²) >= 11 is 6.09. The molecule has 0 saturated carbocycles. The fraction of sp³-hybridized carbons (Fsp3) is 0.357. The zero-order valence-corrected chi connectivity index (χ0v) is 11.2. The number of amides is 1. The molecular weight excluding hydrogens is 250 g/mol. The highest BCUT2D eigenvalue weighted by atomic mass is 35.5. The smallest absolute Gasteiger partial charge is 0.220 e. The molecule has 0 bridgehead atoms. The lowest BCUT2D eigenvalue weighted by atomic mass is 10.1. The topological polar surface area (TPSA) is 38.3 Å². The molecule has 0 aliphatic heterocycles. The molecule has 0 heterocycles. The number of carbonyl (C=O) groups excluding carboxylic acids is 1. The minimum absolute atomic E-state index is 0.0102. The molecule has 1 amide bonds. The summed E-state index contributed by atoms with van der Waals surface area (Å²) in [6, 6.07) is 7.46. The summed E-state index contributed by atoms with van der Waals surface area (Å²) in [4.78, 5) is 11.5. The monoisotopic (exact) mass is 267 g/mol. The van der Waals surface area contributed by atoms with Crippen LogP contribution in [0.4, 0.5) is 0 Å². The number of carbonyl (C=O) groups is 1. The highest BCUT2D eigenvalue weighted by Crippen LogP contribution is 2.24. The van der Waals surface area contributed by atoms with Gasteiger partial charge >= 0.3 is 0 Å². The van der Waals surface area contributed by atoms with Gasteiger partial charge in [0, 0.05) is 30.7 Å². The van der Waals surface area contributed by atoms with E-state index in [9.17, 15) is 4.79 Å². The van der Waals surface area contributed by atoms with Gasteiger partial charge in [-0.25, -0.2) is 0 Å². The molecule has 4 heteroatoms. The van der Waals surface area contributed by atoms with Gasteiger partial charge in [-0.2, -0.15) is 0 Å². The van der Waals surface area contributed by atoms with Crippen molar-refractivity contribution in [3.63, 3.8) is 0 Å². The van der Waals surface area contributed by atoms with Gasteiger partial charge in [0.15, 0.2) is 0 Å². The molecule has 0 aliphatic rings. The van der Waals surface area contributed by atoms with Gasteiger partial charge in [-0.15, -0.1) is 6.58 Å². The predicted molar refractivity (Wildman–Crippen MR) is 73.6 cm³/mol. The average molecular weight is 268 g/mol. The standard InChI is InChI=1S/C14H18ClNO2/c1-3-4-9-14(17)16-10-13(18-2)11-7-5-6-8-12(11)15/h3,5-8,13H,1,4,9-10H2,2H3,(H,16,17)/t13-/m0/s1. The third-order valence-electron chi connectivity index (χ3n) is 2.60. The number of methoxy groups -OCH3 is 1. The Balaban J connectivity index is 2.55. The first-order valence-corrected chi connectivity index (χ1v) is 6.21. The highest BCUT2D eigenvalue weighted by Gasteiger charge is 2.14. The summed E-state index contributed by atoms with van der Waals surface area (Å²) in [7, 11) is 1.60. The van der Waals surface area contributed by atoms with Crippen molar-refractivity contribution in [2.75, 3.05) is 13.7 Å². The molecule has 0 fully saturated rings. The number of rotatable bonds is 7. The maximum atomic E-state index is 11.5. The third kappa shape index (κ3) is 4.51. The Morgan fingerprint density at radius 2 is 2.28 bits per heavy atom. The summed E-state index contributed by atoms with van der Waals surface area (Å²) in [6.07, 6.45) is 2.62. The molecule has 1 aromatic carbocycles. The summed E-state index contributed by atoms with van der Waals surface area (Å²) in [5, 5.41) is 3.47. The second-order valence-electron chi connectivity index (χ2n) is 3.88. The molecule has 1 N–H and O–H groups in total. The second kappa shape index (κ2) is 7.90. The molecule has 0 radical (unpaired) electrons. The van der Waals surface area contributed by atoms with Crippen LogP contribution in [0.2, 0.25) is 5.02 Å². The van der Waals surface area contributed by atoms with Crippen molar-refractivity contribution < 1.29 is 9.53 Å². The number of halogens is 1.